The third-order valence-corrected chi connectivity index (χ3v) is 2.75. The zero-order chi connectivity index (χ0) is 15.1. The molecule has 0 aliphatic rings. The Balaban J connectivity index is 0.00000400. The molecule has 0 spiro atoms. The van der Waals surface area contributed by atoms with E-state index in [9.17, 15) is 4.79 Å². The zero-order valence-electron chi connectivity index (χ0n) is 12.4. The molecule has 5 nitrogen and oxygen atoms in total. The summed E-state index contributed by atoms with van der Waals surface area (Å²) in [6, 6.07) is 4.37. The van der Waals surface area contributed by atoms with E-state index in [1.165, 1.54) is 7.11 Å². The maximum absolute atomic E-state index is 11.7. The van der Waals surface area contributed by atoms with Gasteiger partial charge in [0.2, 0.25) is 5.91 Å². The van der Waals surface area contributed by atoms with E-state index < -0.39 is 6.04 Å². The fraction of sp³-hybridized carbons (Fsp3) is 0.500. The second-order valence-electron chi connectivity index (χ2n) is 4.90. The number of amides is 1. The van der Waals surface area contributed by atoms with Crippen molar-refractivity contribution in [1.29, 1.82) is 0 Å². The van der Waals surface area contributed by atoms with Crippen molar-refractivity contribution in [3.8, 4) is 5.75 Å². The molecular formula is C14H22Cl2N2O3. The number of benzene rings is 1. The van der Waals surface area contributed by atoms with E-state index in [1.807, 2.05) is 0 Å². The highest BCUT2D eigenvalue weighted by molar-refractivity contribution is 6.32. The van der Waals surface area contributed by atoms with Gasteiger partial charge in [0, 0.05) is 12.8 Å². The Bertz CT molecular complexity index is 456. The molecule has 1 aromatic rings. The van der Waals surface area contributed by atoms with Crippen LogP contribution in [0.4, 0.5) is 5.69 Å². The lowest BCUT2D eigenvalue weighted by molar-refractivity contribution is -0.118. The van der Waals surface area contributed by atoms with Crippen LogP contribution in [0.15, 0.2) is 18.2 Å². The summed E-state index contributed by atoms with van der Waals surface area (Å²) < 4.78 is 10.4. The summed E-state index contributed by atoms with van der Waals surface area (Å²) in [7, 11) is 1.49. The summed E-state index contributed by atoms with van der Waals surface area (Å²) in [6.45, 7) is 4.86. The molecule has 0 aliphatic carbocycles. The van der Waals surface area contributed by atoms with E-state index in [0.29, 0.717) is 29.0 Å². The Kier molecular flexibility index (Phi) is 9.37. The van der Waals surface area contributed by atoms with Gasteiger partial charge in [0.15, 0.2) is 0 Å². The van der Waals surface area contributed by atoms with Gasteiger partial charge in [0.25, 0.3) is 0 Å². The molecule has 0 bridgehead atoms. The first kappa shape index (κ1) is 20.0. The van der Waals surface area contributed by atoms with E-state index in [4.69, 9.17) is 26.8 Å². The molecule has 0 aromatic heterocycles. The van der Waals surface area contributed by atoms with Crippen molar-refractivity contribution in [2.24, 2.45) is 11.7 Å². The number of rotatable bonds is 7. The van der Waals surface area contributed by atoms with Crippen LogP contribution >= 0.6 is 24.0 Å². The summed E-state index contributed by atoms with van der Waals surface area (Å²) >= 11 is 6.10. The van der Waals surface area contributed by atoms with E-state index in [2.05, 4.69) is 19.2 Å². The van der Waals surface area contributed by atoms with Gasteiger partial charge < -0.3 is 20.5 Å². The van der Waals surface area contributed by atoms with Crippen LogP contribution in [0.25, 0.3) is 0 Å². The van der Waals surface area contributed by atoms with Crippen LogP contribution in [0.1, 0.15) is 13.8 Å². The van der Waals surface area contributed by atoms with E-state index in [-0.39, 0.29) is 24.9 Å². The largest absolute Gasteiger partial charge is 0.492 e. The van der Waals surface area contributed by atoms with Gasteiger partial charge in [0.1, 0.15) is 11.8 Å². The maximum atomic E-state index is 11.7. The number of ether oxygens (including phenoxy) is 2. The summed E-state index contributed by atoms with van der Waals surface area (Å²) in [5, 5.41) is 3.12. The molecule has 21 heavy (non-hydrogen) atoms. The van der Waals surface area contributed by atoms with E-state index in [1.54, 1.807) is 18.2 Å². The summed E-state index contributed by atoms with van der Waals surface area (Å²) in [6.07, 6.45) is 0. The van der Waals surface area contributed by atoms with Gasteiger partial charge in [-0.25, -0.2) is 0 Å². The lowest BCUT2D eigenvalue weighted by Crippen LogP contribution is -2.39. The van der Waals surface area contributed by atoms with Gasteiger partial charge >= 0.3 is 0 Å². The van der Waals surface area contributed by atoms with Gasteiger partial charge in [-0.2, -0.15) is 0 Å². The molecule has 1 unspecified atom stereocenters. The molecule has 0 heterocycles. The van der Waals surface area contributed by atoms with Crippen LogP contribution < -0.4 is 15.8 Å². The zero-order valence-corrected chi connectivity index (χ0v) is 14.0. The number of hydrogen-bond acceptors (Lipinski definition) is 4. The Hall–Kier alpha value is -1.01. The third kappa shape index (κ3) is 7.00. The highest BCUT2D eigenvalue weighted by Gasteiger charge is 2.14. The average Bonchev–Trinajstić information content (AvgIpc) is 2.37. The highest BCUT2D eigenvalue weighted by Crippen LogP contribution is 2.28. The Labute approximate surface area is 136 Å². The van der Waals surface area contributed by atoms with Crippen LogP contribution in [0.5, 0.6) is 5.75 Å². The molecule has 1 amide bonds. The quantitative estimate of drug-likeness (QED) is 0.802. The number of anilines is 1. The van der Waals surface area contributed by atoms with Gasteiger partial charge in [-0.1, -0.05) is 25.4 Å². The fourth-order valence-electron chi connectivity index (χ4n) is 1.44. The fourth-order valence-corrected chi connectivity index (χ4v) is 1.68. The van der Waals surface area contributed by atoms with Crippen molar-refractivity contribution < 1.29 is 14.3 Å². The number of nitrogens with two attached hydrogens (primary N) is 1. The minimum absolute atomic E-state index is 0. The molecule has 120 valence electrons. The number of methoxy groups -OCH3 is 1. The summed E-state index contributed by atoms with van der Waals surface area (Å²) in [4.78, 5) is 11.7. The Morgan fingerprint density at radius 2 is 2.05 bits per heavy atom. The summed E-state index contributed by atoms with van der Waals surface area (Å²) in [5.74, 6) is 0.691. The molecule has 0 fully saturated rings. The van der Waals surface area contributed by atoms with Gasteiger partial charge in [-0.3, -0.25) is 4.79 Å². The van der Waals surface area contributed by atoms with Crippen molar-refractivity contribution in [3.63, 3.8) is 0 Å². The Morgan fingerprint density at radius 1 is 1.38 bits per heavy atom. The maximum Gasteiger partial charge on any atom is 0.243 e. The van der Waals surface area contributed by atoms with Crippen molar-refractivity contribution >= 4 is 35.6 Å². The third-order valence-electron chi connectivity index (χ3n) is 2.45. The molecule has 1 aromatic carbocycles. The SMILES string of the molecule is COCC(N)C(=O)Nc1ccc(OCC(C)C)c(Cl)c1.Cl. The first-order chi connectivity index (χ1) is 9.43. The molecule has 3 N–H and O–H groups in total. The predicted molar refractivity (Wildman–Crippen MR) is 87.5 cm³/mol. The minimum atomic E-state index is -0.712. The van der Waals surface area contributed by atoms with Crippen LogP contribution in [-0.4, -0.2) is 32.3 Å². The molecule has 0 radical (unpaired) electrons. The van der Waals surface area contributed by atoms with Crippen LogP contribution in [0, 0.1) is 5.92 Å². The van der Waals surface area contributed by atoms with Crippen LogP contribution in [-0.2, 0) is 9.53 Å². The summed E-state index contributed by atoms with van der Waals surface area (Å²) in [5.41, 5.74) is 6.20. The molecular weight excluding hydrogens is 315 g/mol. The van der Waals surface area contributed by atoms with E-state index in [0.717, 1.165) is 0 Å². The molecule has 0 aliphatic heterocycles. The van der Waals surface area contributed by atoms with Crippen molar-refractivity contribution in [1.82, 2.24) is 0 Å². The first-order valence-electron chi connectivity index (χ1n) is 6.41. The lowest BCUT2D eigenvalue weighted by Gasteiger charge is -2.13. The van der Waals surface area contributed by atoms with Crippen molar-refractivity contribution in [2.75, 3.05) is 25.6 Å². The van der Waals surface area contributed by atoms with Gasteiger partial charge in [-0.05, 0) is 24.1 Å². The number of carbonyl (C=O) groups is 1. The number of halogens is 2. The Morgan fingerprint density at radius 3 is 2.57 bits per heavy atom. The van der Waals surface area contributed by atoms with Gasteiger partial charge in [-0.15, -0.1) is 12.4 Å². The van der Waals surface area contributed by atoms with Crippen molar-refractivity contribution in [3.05, 3.63) is 23.2 Å². The first-order valence-corrected chi connectivity index (χ1v) is 6.79. The van der Waals surface area contributed by atoms with Crippen LogP contribution in [0.2, 0.25) is 5.02 Å². The minimum Gasteiger partial charge on any atom is -0.492 e. The number of hydrogen-bond donors (Lipinski definition) is 2. The molecule has 1 rings (SSSR count). The smallest absolute Gasteiger partial charge is 0.243 e. The highest BCUT2D eigenvalue weighted by atomic mass is 35.5. The number of nitrogens with one attached hydrogen (secondary N) is 1. The second kappa shape index (κ2) is 9.84. The number of carbonyl (C=O) groups excluding carboxylic acids is 1. The topological polar surface area (TPSA) is 73.6 Å². The van der Waals surface area contributed by atoms with E-state index >= 15 is 0 Å². The molecule has 0 saturated heterocycles. The monoisotopic (exact) mass is 336 g/mol. The lowest BCUT2D eigenvalue weighted by atomic mass is 10.2. The molecule has 0 saturated carbocycles. The van der Waals surface area contributed by atoms with Crippen molar-refractivity contribution in [2.45, 2.75) is 19.9 Å². The molecule has 1 atom stereocenters. The normalized spacial score (nSPS) is 11.7. The standard InChI is InChI=1S/C14H21ClN2O3.ClH/c1-9(2)7-20-13-5-4-10(6-11(13)15)17-14(18)12(16)8-19-3;/h4-6,9,12H,7-8,16H2,1-3H3,(H,17,18);1H. The van der Waals surface area contributed by atoms with Crippen LogP contribution in [0.3, 0.4) is 0 Å². The predicted octanol–water partition coefficient (Wildman–Crippen LogP) is 2.71. The average molecular weight is 337 g/mol. The molecule has 7 heteroatoms. The van der Waals surface area contributed by atoms with Gasteiger partial charge in [0.05, 0.1) is 18.2 Å². The second-order valence-corrected chi connectivity index (χ2v) is 5.31.